The van der Waals surface area contributed by atoms with Crippen LogP contribution in [-0.4, -0.2) is 51.9 Å². The van der Waals surface area contributed by atoms with Gasteiger partial charge < -0.3 is 24.6 Å². The van der Waals surface area contributed by atoms with Crippen molar-refractivity contribution < 1.29 is 34.1 Å². The maximum atomic E-state index is 12.8. The van der Waals surface area contributed by atoms with E-state index in [-0.39, 0.29) is 24.3 Å². The van der Waals surface area contributed by atoms with Gasteiger partial charge >= 0.3 is 11.9 Å². The van der Waals surface area contributed by atoms with Crippen LogP contribution in [0.4, 0.5) is 0 Å². The van der Waals surface area contributed by atoms with Crippen LogP contribution in [0.5, 0.6) is 0 Å². The number of rotatable bonds is 6. The Morgan fingerprint density at radius 1 is 1.34 bits per heavy atom. The lowest BCUT2D eigenvalue weighted by Crippen LogP contribution is -2.61. The van der Waals surface area contributed by atoms with Crippen molar-refractivity contribution in [3.8, 4) is 0 Å². The molecule has 2 aliphatic rings. The minimum absolute atomic E-state index is 0.107. The number of fused-ring (bicyclic) bond motifs is 1. The quantitative estimate of drug-likeness (QED) is 0.406. The van der Waals surface area contributed by atoms with Gasteiger partial charge in [0, 0.05) is 10.5 Å². The van der Waals surface area contributed by atoms with E-state index in [1.165, 1.54) is 16.2 Å². The van der Waals surface area contributed by atoms with E-state index in [2.05, 4.69) is 0 Å². The number of hydrogen-bond acceptors (Lipinski definition) is 8. The zero-order chi connectivity index (χ0) is 21.5. The van der Waals surface area contributed by atoms with Crippen molar-refractivity contribution >= 4 is 34.8 Å². The third-order valence-electron chi connectivity index (χ3n) is 5.05. The lowest BCUT2D eigenvalue weighted by atomic mass is 9.83. The molecule has 8 nitrogen and oxygen atoms in total. The van der Waals surface area contributed by atoms with Crippen molar-refractivity contribution in [2.24, 2.45) is 11.3 Å². The molecule has 9 heteroatoms. The van der Waals surface area contributed by atoms with Crippen LogP contribution in [0.3, 0.4) is 0 Å². The number of esters is 2. The molecule has 0 bridgehead atoms. The van der Waals surface area contributed by atoms with Gasteiger partial charge in [-0.3, -0.25) is 9.59 Å². The molecule has 0 unspecified atom stereocenters. The molecule has 3 rings (SSSR count). The number of β-lactam (4-membered cyclic amide) rings is 1. The zero-order valence-electron chi connectivity index (χ0n) is 16.8. The van der Waals surface area contributed by atoms with Crippen molar-refractivity contribution in [3.63, 3.8) is 0 Å². The fraction of sp³-hybridized carbons (Fsp3) is 0.550. The Morgan fingerprint density at radius 3 is 2.59 bits per heavy atom. The number of amides is 1. The standard InChI is InChI=1S/C20H25NO7S/c1-10(23)15-13-6-12(14-5-11(7-22)8-29-14)16(21(13)17(15)24)18(25)27-9-28-19(26)20(2,3)4/h5,8,10,13,15,22-23H,6-7,9H2,1-4H3/t10-,13-,15-/m1/s1. The third kappa shape index (κ3) is 3.94. The molecule has 0 aromatic carbocycles. The van der Waals surface area contributed by atoms with E-state index in [0.717, 1.165) is 4.88 Å². The maximum absolute atomic E-state index is 12.8. The molecule has 158 valence electrons. The van der Waals surface area contributed by atoms with Gasteiger partial charge in [0.1, 0.15) is 5.70 Å². The molecule has 0 radical (unpaired) electrons. The maximum Gasteiger partial charge on any atom is 0.358 e. The second-order valence-electron chi connectivity index (χ2n) is 8.28. The molecule has 0 spiro atoms. The minimum atomic E-state index is -0.829. The van der Waals surface area contributed by atoms with Crippen LogP contribution in [0.2, 0.25) is 0 Å². The number of hydrogen-bond donors (Lipinski definition) is 2. The van der Waals surface area contributed by atoms with Gasteiger partial charge in [-0.1, -0.05) is 0 Å². The highest BCUT2D eigenvalue weighted by molar-refractivity contribution is 7.11. The Morgan fingerprint density at radius 2 is 2.03 bits per heavy atom. The third-order valence-corrected chi connectivity index (χ3v) is 6.09. The number of aliphatic hydroxyl groups excluding tert-OH is 2. The summed E-state index contributed by atoms with van der Waals surface area (Å²) in [6, 6.07) is 1.44. The lowest BCUT2D eigenvalue weighted by molar-refractivity contribution is -0.175. The fourth-order valence-corrected chi connectivity index (χ4v) is 4.48. The molecule has 1 aromatic heterocycles. The van der Waals surface area contributed by atoms with Crippen LogP contribution in [0.15, 0.2) is 17.1 Å². The van der Waals surface area contributed by atoms with Crippen molar-refractivity contribution in [1.82, 2.24) is 4.90 Å². The summed E-state index contributed by atoms with van der Waals surface area (Å²) < 4.78 is 10.1. The summed E-state index contributed by atoms with van der Waals surface area (Å²) in [5.74, 6) is -2.19. The Kier molecular flexibility index (Phi) is 5.84. The Hall–Kier alpha value is -2.23. The van der Waals surface area contributed by atoms with Gasteiger partial charge in [-0.25, -0.2) is 4.79 Å². The van der Waals surface area contributed by atoms with Crippen LogP contribution in [0.1, 0.15) is 44.6 Å². The van der Waals surface area contributed by atoms with Crippen LogP contribution < -0.4 is 0 Å². The van der Waals surface area contributed by atoms with Gasteiger partial charge in [0.2, 0.25) is 12.7 Å². The molecule has 0 saturated carbocycles. The Bertz CT molecular complexity index is 864. The number of carbonyl (C=O) groups excluding carboxylic acids is 3. The summed E-state index contributed by atoms with van der Waals surface area (Å²) in [5.41, 5.74) is 0.709. The molecule has 3 heterocycles. The molecule has 1 aromatic rings. The molecular weight excluding hydrogens is 398 g/mol. The summed E-state index contributed by atoms with van der Waals surface area (Å²) in [6.45, 7) is 5.92. The van der Waals surface area contributed by atoms with Crippen LogP contribution in [0, 0.1) is 11.3 Å². The molecule has 1 saturated heterocycles. The molecule has 2 aliphatic heterocycles. The average molecular weight is 423 g/mol. The summed E-state index contributed by atoms with van der Waals surface area (Å²) in [5, 5.41) is 21.0. The van der Waals surface area contributed by atoms with Crippen LogP contribution >= 0.6 is 11.3 Å². The molecule has 1 fully saturated rings. The second kappa shape index (κ2) is 7.89. The van der Waals surface area contributed by atoms with Crippen molar-refractivity contribution in [3.05, 3.63) is 27.6 Å². The highest BCUT2D eigenvalue weighted by Gasteiger charge is 2.57. The average Bonchev–Trinajstić information content (AvgIpc) is 3.22. The summed E-state index contributed by atoms with van der Waals surface area (Å²) in [7, 11) is 0. The number of nitrogens with zero attached hydrogens (tertiary/aromatic N) is 1. The molecule has 3 atom stereocenters. The van der Waals surface area contributed by atoms with Gasteiger partial charge in [-0.15, -0.1) is 11.3 Å². The highest BCUT2D eigenvalue weighted by Crippen LogP contribution is 2.48. The van der Waals surface area contributed by atoms with E-state index in [0.29, 0.717) is 17.6 Å². The summed E-state index contributed by atoms with van der Waals surface area (Å²) >= 11 is 1.36. The zero-order valence-corrected chi connectivity index (χ0v) is 17.6. The van der Waals surface area contributed by atoms with Gasteiger partial charge in [0.15, 0.2) is 0 Å². The van der Waals surface area contributed by atoms with Crippen molar-refractivity contribution in [2.75, 3.05) is 6.79 Å². The number of aliphatic hydroxyl groups is 2. The predicted molar refractivity (Wildman–Crippen MR) is 104 cm³/mol. The largest absolute Gasteiger partial charge is 0.427 e. The molecule has 0 aliphatic carbocycles. The summed E-state index contributed by atoms with van der Waals surface area (Å²) in [4.78, 5) is 39.3. The van der Waals surface area contributed by atoms with E-state index >= 15 is 0 Å². The van der Waals surface area contributed by atoms with Crippen LogP contribution in [-0.2, 0) is 30.5 Å². The van der Waals surface area contributed by atoms with Crippen molar-refractivity contribution in [1.29, 1.82) is 0 Å². The highest BCUT2D eigenvalue weighted by atomic mass is 32.1. The lowest BCUT2D eigenvalue weighted by Gasteiger charge is -2.44. The van der Waals surface area contributed by atoms with E-state index in [9.17, 15) is 24.6 Å². The molecule has 29 heavy (non-hydrogen) atoms. The van der Waals surface area contributed by atoms with E-state index in [4.69, 9.17) is 9.47 Å². The first-order valence-corrected chi connectivity index (χ1v) is 10.2. The van der Waals surface area contributed by atoms with E-state index in [1.54, 1.807) is 39.1 Å². The number of carbonyl (C=O) groups is 3. The van der Waals surface area contributed by atoms with E-state index in [1.807, 2.05) is 0 Å². The topological polar surface area (TPSA) is 113 Å². The smallest absolute Gasteiger partial charge is 0.358 e. The predicted octanol–water partition coefficient (Wildman–Crippen LogP) is 1.65. The number of ether oxygens (including phenoxy) is 2. The van der Waals surface area contributed by atoms with Crippen molar-refractivity contribution in [2.45, 2.75) is 52.9 Å². The number of thiophene rings is 1. The van der Waals surface area contributed by atoms with Crippen LogP contribution in [0.25, 0.3) is 5.57 Å². The first-order valence-electron chi connectivity index (χ1n) is 9.33. The van der Waals surface area contributed by atoms with Gasteiger partial charge in [0.25, 0.3) is 0 Å². The SMILES string of the molecule is C[C@@H](O)[C@H]1C(=O)N2C(C(=O)OCOC(=O)C(C)(C)C)=C(c3cc(CO)cs3)C[C@H]12. The summed E-state index contributed by atoms with van der Waals surface area (Å²) in [6.07, 6.45) is -0.428. The van der Waals surface area contributed by atoms with E-state index < -0.39 is 36.2 Å². The molecule has 1 amide bonds. The molecule has 2 N–H and O–H groups in total. The Balaban J connectivity index is 1.82. The fourth-order valence-electron chi connectivity index (χ4n) is 3.52. The second-order valence-corrected chi connectivity index (χ2v) is 9.19. The monoisotopic (exact) mass is 423 g/mol. The van der Waals surface area contributed by atoms with Gasteiger partial charge in [-0.05, 0) is 51.1 Å². The van der Waals surface area contributed by atoms with Gasteiger partial charge in [0.05, 0.1) is 30.1 Å². The molecular formula is C20H25NO7S. The minimum Gasteiger partial charge on any atom is -0.427 e. The normalized spacial score (nSPS) is 22.3. The first-order chi connectivity index (χ1) is 13.6. The Labute approximate surface area is 172 Å². The first kappa shape index (κ1) is 21.5. The van der Waals surface area contributed by atoms with Gasteiger partial charge in [-0.2, -0.15) is 0 Å².